The molecule has 0 atom stereocenters. The highest BCUT2D eigenvalue weighted by Crippen LogP contribution is 2.69. The van der Waals surface area contributed by atoms with Crippen molar-refractivity contribution in [1.29, 1.82) is 0 Å². The molecular weight excluding hydrogens is 290 g/mol. The molecule has 0 aromatic heterocycles. The zero-order valence-electron chi connectivity index (χ0n) is 12.4. The first kappa shape index (κ1) is 15.3. The van der Waals surface area contributed by atoms with Crippen LogP contribution < -0.4 is 5.32 Å². The summed E-state index contributed by atoms with van der Waals surface area (Å²) in [7, 11) is 0. The predicted molar refractivity (Wildman–Crippen MR) is 75.5 cm³/mol. The number of carbonyl (C=O) groups excluding carboxylic acids is 1. The maximum absolute atomic E-state index is 11.8. The van der Waals surface area contributed by atoms with Gasteiger partial charge in [0.15, 0.2) is 0 Å². The number of ether oxygens (including phenoxy) is 3. The molecule has 3 saturated heterocycles. The first-order valence-electron chi connectivity index (χ1n) is 7.51. The van der Waals surface area contributed by atoms with Crippen LogP contribution in [0.4, 0.5) is 4.79 Å². The van der Waals surface area contributed by atoms with Crippen LogP contribution in [0.2, 0.25) is 0 Å². The summed E-state index contributed by atoms with van der Waals surface area (Å²) in [5.74, 6) is -0.809. The Morgan fingerprint density at radius 1 is 1.32 bits per heavy atom. The zero-order valence-corrected chi connectivity index (χ0v) is 12.4. The summed E-state index contributed by atoms with van der Waals surface area (Å²) in [6.07, 6.45) is 2.97. The molecule has 2 bridgehead atoms. The largest absolute Gasteiger partial charge is 0.481 e. The number of aliphatic carboxylic acids is 1. The normalized spacial score (nSPS) is 34.7. The van der Waals surface area contributed by atoms with E-state index in [1.54, 1.807) is 0 Å². The van der Waals surface area contributed by atoms with Gasteiger partial charge in [-0.15, -0.1) is 0 Å². The Morgan fingerprint density at radius 3 is 2.59 bits per heavy atom. The molecule has 1 amide bonds. The van der Waals surface area contributed by atoms with Crippen molar-refractivity contribution in [2.75, 3.05) is 26.4 Å². The van der Waals surface area contributed by atoms with Gasteiger partial charge in [-0.2, -0.15) is 0 Å². The number of carbonyl (C=O) groups is 2. The number of nitrogens with one attached hydrogen (secondary N) is 1. The summed E-state index contributed by atoms with van der Waals surface area (Å²) in [4.78, 5) is 23.3. The number of hydrogen-bond donors (Lipinski definition) is 2. The van der Waals surface area contributed by atoms with Gasteiger partial charge >= 0.3 is 12.1 Å². The lowest BCUT2D eigenvalue weighted by Gasteiger charge is -2.45. The average Bonchev–Trinajstić information content (AvgIpc) is 2.88. The second kappa shape index (κ2) is 5.24. The maximum atomic E-state index is 11.8. The van der Waals surface area contributed by atoms with E-state index in [2.05, 4.69) is 11.9 Å². The molecule has 7 nitrogen and oxygen atoms in total. The third-order valence-electron chi connectivity index (χ3n) is 5.13. The third-order valence-corrected chi connectivity index (χ3v) is 5.13. The van der Waals surface area contributed by atoms with Crippen molar-refractivity contribution < 1.29 is 28.9 Å². The van der Waals surface area contributed by atoms with Crippen molar-refractivity contribution in [1.82, 2.24) is 5.32 Å². The molecule has 0 unspecified atom stereocenters. The lowest BCUT2D eigenvalue weighted by Crippen LogP contribution is -2.58. The van der Waals surface area contributed by atoms with E-state index in [-0.39, 0.29) is 13.2 Å². The average molecular weight is 311 g/mol. The predicted octanol–water partition coefficient (Wildman–Crippen LogP) is 1.08. The van der Waals surface area contributed by atoms with Gasteiger partial charge in [0.2, 0.25) is 0 Å². The van der Waals surface area contributed by atoms with Crippen molar-refractivity contribution in [2.24, 2.45) is 5.41 Å². The van der Waals surface area contributed by atoms with Gasteiger partial charge in [0.05, 0.1) is 17.7 Å². The fourth-order valence-electron chi connectivity index (χ4n) is 4.16. The van der Waals surface area contributed by atoms with Gasteiger partial charge in [-0.1, -0.05) is 12.7 Å². The molecule has 3 aliphatic heterocycles. The summed E-state index contributed by atoms with van der Waals surface area (Å²) >= 11 is 0. The molecule has 0 aromatic rings. The number of carboxylic acids is 1. The second-order valence-corrected chi connectivity index (χ2v) is 6.37. The number of rotatable bonds is 5. The highest BCUT2D eigenvalue weighted by Gasteiger charge is 2.78. The van der Waals surface area contributed by atoms with Crippen molar-refractivity contribution in [3.8, 4) is 0 Å². The van der Waals surface area contributed by atoms with E-state index in [4.69, 9.17) is 14.2 Å². The van der Waals surface area contributed by atoms with Crippen molar-refractivity contribution >= 4 is 12.1 Å². The van der Waals surface area contributed by atoms with Crippen LogP contribution in [0.3, 0.4) is 0 Å². The fraction of sp³-hybridized carbons (Fsp3) is 0.733. The summed E-state index contributed by atoms with van der Waals surface area (Å²) < 4.78 is 16.4. The van der Waals surface area contributed by atoms with Crippen molar-refractivity contribution in [3.05, 3.63) is 12.7 Å². The molecule has 7 heteroatoms. The summed E-state index contributed by atoms with van der Waals surface area (Å²) in [5.41, 5.74) is -2.10. The quantitative estimate of drug-likeness (QED) is 0.738. The molecule has 1 spiro atoms. The standard InChI is InChI=1S/C15H21NO6/c1-2-5-21-12(19)16-10-13-8-14(9-13,11(17)18)15(22-13)3-6-20-7-4-15/h2H,1,3-10H2,(H,16,19)(H,17,18). The molecule has 4 fully saturated rings. The molecule has 4 aliphatic rings. The van der Waals surface area contributed by atoms with Crippen LogP contribution in [0, 0.1) is 5.41 Å². The van der Waals surface area contributed by atoms with E-state index in [1.165, 1.54) is 6.08 Å². The van der Waals surface area contributed by atoms with Gasteiger partial charge in [0, 0.05) is 26.1 Å². The van der Waals surface area contributed by atoms with Gasteiger partial charge in [0.25, 0.3) is 0 Å². The van der Waals surface area contributed by atoms with Gasteiger partial charge in [-0.05, 0) is 12.8 Å². The summed E-state index contributed by atoms with van der Waals surface area (Å²) in [6, 6.07) is 0. The van der Waals surface area contributed by atoms with Crippen LogP contribution >= 0.6 is 0 Å². The van der Waals surface area contributed by atoms with Gasteiger partial charge in [-0.3, -0.25) is 4.79 Å². The first-order chi connectivity index (χ1) is 10.5. The number of hydrogen-bond acceptors (Lipinski definition) is 5. The minimum Gasteiger partial charge on any atom is -0.481 e. The topological polar surface area (TPSA) is 94.1 Å². The van der Waals surface area contributed by atoms with E-state index in [1.807, 2.05) is 0 Å². The molecule has 4 rings (SSSR count). The van der Waals surface area contributed by atoms with Gasteiger partial charge < -0.3 is 24.6 Å². The summed E-state index contributed by atoms with van der Waals surface area (Å²) in [5, 5.41) is 12.3. The fourth-order valence-corrected chi connectivity index (χ4v) is 4.16. The second-order valence-electron chi connectivity index (χ2n) is 6.37. The molecule has 0 aromatic carbocycles. The smallest absolute Gasteiger partial charge is 0.407 e. The van der Waals surface area contributed by atoms with E-state index < -0.39 is 28.7 Å². The molecule has 2 N–H and O–H groups in total. The maximum Gasteiger partial charge on any atom is 0.407 e. The Balaban J connectivity index is 1.67. The molecular formula is C15H21NO6. The number of carboxylic acid groups (broad SMARTS) is 1. The number of alkyl carbamates (subject to hydrolysis) is 1. The Kier molecular flexibility index (Phi) is 3.65. The van der Waals surface area contributed by atoms with Crippen LogP contribution in [-0.4, -0.2) is 54.7 Å². The lowest BCUT2D eigenvalue weighted by atomic mass is 9.54. The Morgan fingerprint density at radius 2 is 2.00 bits per heavy atom. The summed E-state index contributed by atoms with van der Waals surface area (Å²) in [6.45, 7) is 4.90. The minimum absolute atomic E-state index is 0.139. The van der Waals surface area contributed by atoms with Gasteiger partial charge in [0.1, 0.15) is 12.0 Å². The van der Waals surface area contributed by atoms with E-state index in [0.29, 0.717) is 38.9 Å². The highest BCUT2D eigenvalue weighted by atomic mass is 16.6. The van der Waals surface area contributed by atoms with Crippen molar-refractivity contribution in [3.63, 3.8) is 0 Å². The van der Waals surface area contributed by atoms with Crippen LogP contribution in [0.5, 0.6) is 0 Å². The van der Waals surface area contributed by atoms with Gasteiger partial charge in [-0.25, -0.2) is 4.79 Å². The third kappa shape index (κ3) is 2.11. The van der Waals surface area contributed by atoms with Crippen LogP contribution in [-0.2, 0) is 19.0 Å². The van der Waals surface area contributed by atoms with Crippen molar-refractivity contribution in [2.45, 2.75) is 36.9 Å². The zero-order chi connectivity index (χ0) is 15.8. The molecule has 122 valence electrons. The highest BCUT2D eigenvalue weighted by molar-refractivity contribution is 5.80. The minimum atomic E-state index is -0.844. The molecule has 3 heterocycles. The Labute approximate surface area is 128 Å². The van der Waals surface area contributed by atoms with E-state index >= 15 is 0 Å². The molecule has 0 radical (unpaired) electrons. The van der Waals surface area contributed by atoms with E-state index in [0.717, 1.165) is 0 Å². The number of amides is 1. The van der Waals surface area contributed by atoms with Crippen LogP contribution in [0.1, 0.15) is 25.7 Å². The van der Waals surface area contributed by atoms with E-state index in [9.17, 15) is 14.7 Å². The molecule has 1 saturated carbocycles. The Hall–Kier alpha value is -1.60. The van der Waals surface area contributed by atoms with Crippen LogP contribution in [0.15, 0.2) is 12.7 Å². The molecule has 1 aliphatic carbocycles. The SMILES string of the molecule is C=CCOC(=O)NCC12CC(C(=O)O)(C1)C1(CCOCC1)O2. The van der Waals surface area contributed by atoms with Crippen LogP contribution in [0.25, 0.3) is 0 Å². The first-order valence-corrected chi connectivity index (χ1v) is 7.51. The lowest BCUT2D eigenvalue weighted by molar-refractivity contribution is -0.163. The Bertz CT molecular complexity index is 490. The monoisotopic (exact) mass is 311 g/mol. The molecule has 22 heavy (non-hydrogen) atoms.